The maximum Gasteiger partial charge on any atom is 0.335 e. The number of anilines is 1. The fourth-order valence-electron chi connectivity index (χ4n) is 1.75. The lowest BCUT2D eigenvalue weighted by Gasteiger charge is -2.24. The first kappa shape index (κ1) is 13.6. The minimum Gasteiger partial charge on any atom is -0.478 e. The van der Waals surface area contributed by atoms with E-state index in [1.54, 1.807) is 0 Å². The van der Waals surface area contributed by atoms with Crippen LogP contribution in [0.1, 0.15) is 10.4 Å². The number of rotatable bonds is 3. The first-order valence-electron chi connectivity index (χ1n) is 5.37. The zero-order valence-corrected chi connectivity index (χ0v) is 9.94. The Balaban J connectivity index is 2.55. The van der Waals surface area contributed by atoms with Gasteiger partial charge < -0.3 is 9.84 Å². The van der Waals surface area contributed by atoms with E-state index in [0.717, 1.165) is 18.2 Å². The molecule has 1 N–H and O–H groups in total. The Morgan fingerprint density at radius 3 is 2.40 bits per heavy atom. The molecular formula is C11H8N2O7. The van der Waals surface area contributed by atoms with Gasteiger partial charge in [0.15, 0.2) is 0 Å². The second-order valence-corrected chi connectivity index (χ2v) is 3.88. The van der Waals surface area contributed by atoms with Crippen molar-refractivity contribution >= 4 is 29.2 Å². The number of carbonyl (C=O) groups is 3. The summed E-state index contributed by atoms with van der Waals surface area (Å²) in [5, 5.41) is 19.8. The van der Waals surface area contributed by atoms with Crippen LogP contribution in [0.4, 0.5) is 11.4 Å². The van der Waals surface area contributed by atoms with Crippen LogP contribution in [0, 0.1) is 10.1 Å². The van der Waals surface area contributed by atoms with Gasteiger partial charge in [-0.25, -0.2) is 9.69 Å². The highest BCUT2D eigenvalue weighted by Gasteiger charge is 2.33. The van der Waals surface area contributed by atoms with Gasteiger partial charge in [-0.3, -0.25) is 19.7 Å². The molecule has 20 heavy (non-hydrogen) atoms. The minimum absolute atomic E-state index is 0.265. The second kappa shape index (κ2) is 5.05. The van der Waals surface area contributed by atoms with Crippen molar-refractivity contribution in [3.8, 4) is 0 Å². The van der Waals surface area contributed by atoms with Gasteiger partial charge in [0, 0.05) is 6.07 Å². The molecule has 0 unspecified atom stereocenters. The number of nitro benzene ring substituents is 1. The number of nitro groups is 1. The number of benzene rings is 1. The molecule has 0 spiro atoms. The Bertz CT molecular complexity index is 609. The molecule has 0 aliphatic carbocycles. The molecule has 0 radical (unpaired) electrons. The lowest BCUT2D eigenvalue weighted by atomic mass is 10.1. The van der Waals surface area contributed by atoms with Gasteiger partial charge in [0.1, 0.15) is 18.9 Å². The summed E-state index contributed by atoms with van der Waals surface area (Å²) in [6.07, 6.45) is 0. The number of carbonyl (C=O) groups excluding carboxylic acids is 2. The summed E-state index contributed by atoms with van der Waals surface area (Å²) in [4.78, 5) is 44.8. The smallest absolute Gasteiger partial charge is 0.335 e. The molecule has 0 saturated carbocycles. The van der Waals surface area contributed by atoms with Crippen molar-refractivity contribution in [2.75, 3.05) is 18.1 Å². The third-order valence-electron chi connectivity index (χ3n) is 2.61. The van der Waals surface area contributed by atoms with E-state index in [1.807, 2.05) is 0 Å². The third-order valence-corrected chi connectivity index (χ3v) is 2.61. The van der Waals surface area contributed by atoms with Crippen molar-refractivity contribution in [3.05, 3.63) is 33.9 Å². The Morgan fingerprint density at radius 2 is 1.90 bits per heavy atom. The zero-order chi connectivity index (χ0) is 14.9. The molecule has 1 saturated heterocycles. The highest BCUT2D eigenvalue weighted by molar-refractivity contribution is 6.18. The van der Waals surface area contributed by atoms with E-state index in [-0.39, 0.29) is 24.5 Å². The van der Waals surface area contributed by atoms with Crippen molar-refractivity contribution in [3.63, 3.8) is 0 Å². The van der Waals surface area contributed by atoms with Crippen LogP contribution in [0.15, 0.2) is 18.2 Å². The molecule has 104 valence electrons. The number of morpholine rings is 1. The van der Waals surface area contributed by atoms with Gasteiger partial charge in [0.2, 0.25) is 0 Å². The molecule has 9 nitrogen and oxygen atoms in total. The summed E-state index contributed by atoms with van der Waals surface area (Å²) >= 11 is 0. The summed E-state index contributed by atoms with van der Waals surface area (Å²) in [5.74, 6) is -2.83. The number of aromatic carboxylic acids is 1. The van der Waals surface area contributed by atoms with Gasteiger partial charge in [-0.1, -0.05) is 0 Å². The molecule has 1 heterocycles. The molecule has 1 aliphatic rings. The molecule has 2 amide bonds. The lowest BCUT2D eigenvalue weighted by Crippen LogP contribution is -2.46. The van der Waals surface area contributed by atoms with E-state index < -0.39 is 28.4 Å². The first-order valence-corrected chi connectivity index (χ1v) is 5.37. The molecule has 0 aromatic heterocycles. The number of nitrogens with zero attached hydrogens (tertiary/aromatic N) is 2. The molecule has 0 bridgehead atoms. The standard InChI is InChI=1S/C11H8N2O7/c14-9-4-20-5-10(15)12(9)7-2-1-6(11(16)17)3-8(7)13(18)19/h1-3H,4-5H2,(H,16,17). The van der Waals surface area contributed by atoms with Gasteiger partial charge in [0.05, 0.1) is 10.5 Å². The molecule has 9 heteroatoms. The Kier molecular flexibility index (Phi) is 3.44. The third kappa shape index (κ3) is 2.34. The van der Waals surface area contributed by atoms with Crippen LogP contribution in [0.5, 0.6) is 0 Å². The fourth-order valence-corrected chi connectivity index (χ4v) is 1.75. The van der Waals surface area contributed by atoms with E-state index in [1.165, 1.54) is 0 Å². The van der Waals surface area contributed by atoms with Crippen molar-refractivity contribution in [1.29, 1.82) is 0 Å². The van der Waals surface area contributed by atoms with Crippen molar-refractivity contribution in [1.82, 2.24) is 0 Å². The van der Waals surface area contributed by atoms with Crippen LogP contribution in [-0.4, -0.2) is 41.0 Å². The number of carboxylic acid groups (broad SMARTS) is 1. The average Bonchev–Trinajstić information content (AvgIpc) is 2.38. The number of ether oxygens (including phenoxy) is 1. The van der Waals surface area contributed by atoms with Gasteiger partial charge in [0.25, 0.3) is 17.5 Å². The molecule has 1 aromatic carbocycles. The monoisotopic (exact) mass is 280 g/mol. The Labute approximate surface area is 111 Å². The van der Waals surface area contributed by atoms with Gasteiger partial charge in [-0.2, -0.15) is 0 Å². The topological polar surface area (TPSA) is 127 Å². The SMILES string of the molecule is O=C(O)c1ccc(N2C(=O)COCC2=O)c([N+](=O)[O-])c1. The number of amides is 2. The second-order valence-electron chi connectivity index (χ2n) is 3.88. The van der Waals surface area contributed by atoms with Crippen LogP contribution >= 0.6 is 0 Å². The summed E-state index contributed by atoms with van der Waals surface area (Å²) in [6.45, 7) is -0.743. The summed E-state index contributed by atoms with van der Waals surface area (Å²) in [5.41, 5.74) is -1.21. The van der Waals surface area contributed by atoms with E-state index in [0.29, 0.717) is 4.90 Å². The van der Waals surface area contributed by atoms with Gasteiger partial charge in [-0.05, 0) is 12.1 Å². The largest absolute Gasteiger partial charge is 0.478 e. The number of hydrogen-bond donors (Lipinski definition) is 1. The molecule has 1 aliphatic heterocycles. The van der Waals surface area contributed by atoms with E-state index in [4.69, 9.17) is 9.84 Å². The number of imide groups is 1. The minimum atomic E-state index is -1.35. The van der Waals surface area contributed by atoms with Gasteiger partial charge in [-0.15, -0.1) is 0 Å². The summed E-state index contributed by atoms with van der Waals surface area (Å²) in [6, 6.07) is 2.94. The van der Waals surface area contributed by atoms with Gasteiger partial charge >= 0.3 is 5.97 Å². The van der Waals surface area contributed by atoms with Crippen LogP contribution < -0.4 is 4.90 Å². The molecule has 1 aromatic rings. The highest BCUT2D eigenvalue weighted by Crippen LogP contribution is 2.30. The van der Waals surface area contributed by atoms with Crippen molar-refractivity contribution in [2.24, 2.45) is 0 Å². The molecular weight excluding hydrogens is 272 g/mol. The maximum atomic E-state index is 11.6. The summed E-state index contributed by atoms with van der Waals surface area (Å²) in [7, 11) is 0. The first-order chi connectivity index (χ1) is 9.41. The van der Waals surface area contributed by atoms with Crippen molar-refractivity contribution < 1.29 is 29.2 Å². The quantitative estimate of drug-likeness (QED) is 0.475. The normalized spacial score (nSPS) is 15.3. The predicted octanol–water partition coefficient (Wildman–Crippen LogP) is 0.183. The van der Waals surface area contributed by atoms with Crippen molar-refractivity contribution in [2.45, 2.75) is 0 Å². The average molecular weight is 280 g/mol. The molecule has 0 atom stereocenters. The molecule has 1 fully saturated rings. The number of carboxylic acids is 1. The van der Waals surface area contributed by atoms with E-state index >= 15 is 0 Å². The number of hydrogen-bond acceptors (Lipinski definition) is 6. The van der Waals surface area contributed by atoms with Crippen LogP contribution in [0.25, 0.3) is 0 Å². The maximum absolute atomic E-state index is 11.6. The van der Waals surface area contributed by atoms with Crippen LogP contribution in [-0.2, 0) is 14.3 Å². The van der Waals surface area contributed by atoms with E-state index in [2.05, 4.69) is 0 Å². The van der Waals surface area contributed by atoms with Crippen LogP contribution in [0.3, 0.4) is 0 Å². The lowest BCUT2D eigenvalue weighted by molar-refractivity contribution is -0.384. The zero-order valence-electron chi connectivity index (χ0n) is 9.94. The summed E-state index contributed by atoms with van der Waals surface area (Å²) < 4.78 is 4.70. The Morgan fingerprint density at radius 1 is 1.30 bits per heavy atom. The predicted molar refractivity (Wildman–Crippen MR) is 63.4 cm³/mol. The highest BCUT2D eigenvalue weighted by atomic mass is 16.6. The molecule has 2 rings (SSSR count). The van der Waals surface area contributed by atoms with E-state index in [9.17, 15) is 24.5 Å². The Hall–Kier alpha value is -2.81. The van der Waals surface area contributed by atoms with Crippen LogP contribution in [0.2, 0.25) is 0 Å². The fraction of sp³-hybridized carbons (Fsp3) is 0.182.